The molecule has 15 heavy (non-hydrogen) atoms. The quantitative estimate of drug-likeness (QED) is 0.845. The molecule has 0 saturated heterocycles. The van der Waals surface area contributed by atoms with E-state index in [1.807, 2.05) is 0 Å². The van der Waals surface area contributed by atoms with E-state index in [1.165, 1.54) is 0 Å². The lowest BCUT2D eigenvalue weighted by atomic mass is 10.3. The largest absolute Gasteiger partial charge is 0.434 e. The van der Waals surface area contributed by atoms with Crippen molar-refractivity contribution >= 4 is 16.5 Å². The lowest BCUT2D eigenvalue weighted by Gasteiger charge is -2.06. The van der Waals surface area contributed by atoms with Crippen molar-refractivity contribution in [1.29, 1.82) is 0 Å². The second-order valence-corrected chi connectivity index (χ2v) is 4.59. The van der Waals surface area contributed by atoms with Crippen molar-refractivity contribution in [2.45, 2.75) is 31.6 Å². The van der Waals surface area contributed by atoms with E-state index in [0.717, 1.165) is 24.2 Å². The van der Waals surface area contributed by atoms with Gasteiger partial charge >= 0.3 is 6.18 Å². The minimum atomic E-state index is -4.41. The molecule has 1 heterocycles. The standard InChI is InChI=1S/C8H10F3N3S/c9-8(10,11)6-5(15-7(12)14-6)3-13-4-1-2-4/h4,13H,1-3H2,(H2,12,14). The van der Waals surface area contributed by atoms with Crippen molar-refractivity contribution in [3.05, 3.63) is 10.6 Å². The molecule has 0 aliphatic heterocycles. The van der Waals surface area contributed by atoms with Crippen LogP contribution in [0, 0.1) is 0 Å². The molecule has 0 spiro atoms. The van der Waals surface area contributed by atoms with E-state index in [9.17, 15) is 13.2 Å². The smallest absolute Gasteiger partial charge is 0.375 e. The number of nitrogens with zero attached hydrogens (tertiary/aromatic N) is 1. The van der Waals surface area contributed by atoms with Gasteiger partial charge < -0.3 is 11.1 Å². The van der Waals surface area contributed by atoms with Gasteiger partial charge in [0.25, 0.3) is 0 Å². The summed E-state index contributed by atoms with van der Waals surface area (Å²) < 4.78 is 37.4. The third kappa shape index (κ3) is 2.60. The average Bonchev–Trinajstić information content (AvgIpc) is 2.85. The first-order chi connectivity index (χ1) is 6.97. The second-order valence-electron chi connectivity index (χ2n) is 3.48. The monoisotopic (exact) mass is 237 g/mol. The predicted octanol–water partition coefficient (Wildman–Crippen LogP) is 2.00. The summed E-state index contributed by atoms with van der Waals surface area (Å²) in [6.07, 6.45) is -2.33. The summed E-state index contributed by atoms with van der Waals surface area (Å²) in [5.41, 5.74) is 4.43. The highest BCUT2D eigenvalue weighted by atomic mass is 32.1. The van der Waals surface area contributed by atoms with Crippen LogP contribution in [0.15, 0.2) is 0 Å². The fraction of sp³-hybridized carbons (Fsp3) is 0.625. The van der Waals surface area contributed by atoms with Gasteiger partial charge in [0.2, 0.25) is 0 Å². The maximum Gasteiger partial charge on any atom is 0.434 e. The maximum atomic E-state index is 12.5. The van der Waals surface area contributed by atoms with Crippen LogP contribution in [0.2, 0.25) is 0 Å². The van der Waals surface area contributed by atoms with Gasteiger partial charge in [-0.25, -0.2) is 4.98 Å². The van der Waals surface area contributed by atoms with Crippen LogP contribution in [-0.2, 0) is 12.7 Å². The van der Waals surface area contributed by atoms with Crippen molar-refractivity contribution in [3.8, 4) is 0 Å². The lowest BCUT2D eigenvalue weighted by Crippen LogP contribution is -2.18. The molecule has 2 rings (SSSR count). The fourth-order valence-electron chi connectivity index (χ4n) is 1.24. The molecule has 1 aromatic rings. The topological polar surface area (TPSA) is 50.9 Å². The molecular weight excluding hydrogens is 227 g/mol. The molecule has 1 aromatic heterocycles. The number of nitrogens with one attached hydrogen (secondary N) is 1. The summed E-state index contributed by atoms with van der Waals surface area (Å²) in [6.45, 7) is 0.203. The van der Waals surface area contributed by atoms with Crippen molar-refractivity contribution in [2.24, 2.45) is 0 Å². The highest BCUT2D eigenvalue weighted by Crippen LogP contribution is 2.35. The number of hydrogen-bond donors (Lipinski definition) is 2. The summed E-state index contributed by atoms with van der Waals surface area (Å²) in [4.78, 5) is 3.48. The summed E-state index contributed by atoms with van der Waals surface area (Å²) in [6, 6.07) is 0.370. The molecular formula is C8H10F3N3S. The van der Waals surface area contributed by atoms with Crippen LogP contribution in [0.1, 0.15) is 23.4 Å². The minimum Gasteiger partial charge on any atom is -0.375 e. The van der Waals surface area contributed by atoms with Crippen LogP contribution in [0.5, 0.6) is 0 Å². The Kier molecular flexibility index (Phi) is 2.59. The molecule has 1 aliphatic rings. The summed E-state index contributed by atoms with van der Waals surface area (Å²) in [5, 5.41) is 2.98. The maximum absolute atomic E-state index is 12.5. The number of nitrogens with two attached hydrogens (primary N) is 1. The molecule has 0 aromatic carbocycles. The summed E-state index contributed by atoms with van der Waals surface area (Å²) in [7, 11) is 0. The van der Waals surface area contributed by atoms with Gasteiger partial charge in [-0.2, -0.15) is 13.2 Å². The first-order valence-electron chi connectivity index (χ1n) is 4.52. The van der Waals surface area contributed by atoms with Crippen LogP contribution in [0.3, 0.4) is 0 Å². The van der Waals surface area contributed by atoms with E-state index in [2.05, 4.69) is 10.3 Å². The molecule has 1 aliphatic carbocycles. The Morgan fingerprint density at radius 1 is 1.47 bits per heavy atom. The zero-order chi connectivity index (χ0) is 11.1. The van der Waals surface area contributed by atoms with Crippen molar-refractivity contribution in [1.82, 2.24) is 10.3 Å². The molecule has 0 atom stereocenters. The number of anilines is 1. The molecule has 1 saturated carbocycles. The summed E-state index contributed by atoms with van der Waals surface area (Å²) in [5.74, 6) is 0. The van der Waals surface area contributed by atoms with E-state index >= 15 is 0 Å². The summed E-state index contributed by atoms with van der Waals surface area (Å²) >= 11 is 0.895. The molecule has 0 bridgehead atoms. The third-order valence-corrected chi connectivity index (χ3v) is 3.00. The SMILES string of the molecule is Nc1nc(C(F)(F)F)c(CNC2CC2)s1. The third-order valence-electron chi connectivity index (χ3n) is 2.11. The van der Waals surface area contributed by atoms with Crippen LogP contribution in [0.4, 0.5) is 18.3 Å². The number of nitrogen functional groups attached to an aromatic ring is 1. The molecule has 3 N–H and O–H groups in total. The normalized spacial score (nSPS) is 17.0. The first kappa shape index (κ1) is 10.7. The van der Waals surface area contributed by atoms with Crippen LogP contribution in [0.25, 0.3) is 0 Å². The van der Waals surface area contributed by atoms with E-state index in [1.54, 1.807) is 0 Å². The number of hydrogen-bond acceptors (Lipinski definition) is 4. The highest BCUT2D eigenvalue weighted by Gasteiger charge is 2.37. The molecule has 0 unspecified atom stereocenters. The zero-order valence-corrected chi connectivity index (χ0v) is 8.58. The van der Waals surface area contributed by atoms with E-state index in [0.29, 0.717) is 6.04 Å². The molecule has 0 radical (unpaired) electrons. The van der Waals surface area contributed by atoms with Crippen LogP contribution >= 0.6 is 11.3 Å². The van der Waals surface area contributed by atoms with Crippen molar-refractivity contribution < 1.29 is 13.2 Å². The van der Waals surface area contributed by atoms with Crippen LogP contribution < -0.4 is 11.1 Å². The van der Waals surface area contributed by atoms with E-state index < -0.39 is 11.9 Å². The lowest BCUT2D eigenvalue weighted by molar-refractivity contribution is -0.141. The van der Waals surface area contributed by atoms with Gasteiger partial charge in [0, 0.05) is 12.6 Å². The Morgan fingerprint density at radius 3 is 2.67 bits per heavy atom. The number of rotatable bonds is 3. The number of aromatic nitrogens is 1. The minimum absolute atomic E-state index is 0.0325. The van der Waals surface area contributed by atoms with Gasteiger partial charge in [-0.15, -0.1) is 11.3 Å². The number of halogens is 3. The number of thiazole rings is 1. The van der Waals surface area contributed by atoms with Gasteiger partial charge in [0.15, 0.2) is 10.8 Å². The average molecular weight is 237 g/mol. The number of alkyl halides is 3. The van der Waals surface area contributed by atoms with Gasteiger partial charge in [-0.3, -0.25) is 0 Å². The molecule has 0 amide bonds. The van der Waals surface area contributed by atoms with Crippen molar-refractivity contribution in [2.75, 3.05) is 5.73 Å². The van der Waals surface area contributed by atoms with Gasteiger partial charge in [0.05, 0.1) is 4.88 Å². The molecule has 1 fully saturated rings. The van der Waals surface area contributed by atoms with Gasteiger partial charge in [0.1, 0.15) is 0 Å². The van der Waals surface area contributed by atoms with Gasteiger partial charge in [-0.1, -0.05) is 0 Å². The molecule has 3 nitrogen and oxygen atoms in total. The Labute approximate surface area is 88.5 Å². The highest BCUT2D eigenvalue weighted by molar-refractivity contribution is 7.15. The molecule has 84 valence electrons. The van der Waals surface area contributed by atoms with Gasteiger partial charge in [-0.05, 0) is 12.8 Å². The Balaban J connectivity index is 2.13. The Morgan fingerprint density at radius 2 is 2.13 bits per heavy atom. The first-order valence-corrected chi connectivity index (χ1v) is 5.34. The molecule has 7 heteroatoms. The van der Waals surface area contributed by atoms with Crippen molar-refractivity contribution in [3.63, 3.8) is 0 Å². The van der Waals surface area contributed by atoms with E-state index in [4.69, 9.17) is 5.73 Å². The van der Waals surface area contributed by atoms with Crippen LogP contribution in [-0.4, -0.2) is 11.0 Å². The fourth-order valence-corrected chi connectivity index (χ4v) is 2.04. The second kappa shape index (κ2) is 3.64. The van der Waals surface area contributed by atoms with E-state index in [-0.39, 0.29) is 16.6 Å². The Bertz CT molecular complexity index is 357. The predicted molar refractivity (Wildman–Crippen MR) is 51.4 cm³/mol. The zero-order valence-electron chi connectivity index (χ0n) is 7.77. The Hall–Kier alpha value is -0.820.